The number of nitrogens with one attached hydrogen (secondary N) is 1. The molecule has 0 bridgehead atoms. The molecule has 0 radical (unpaired) electrons. The van der Waals surface area contributed by atoms with Crippen molar-refractivity contribution in [2.24, 2.45) is 0 Å². The van der Waals surface area contributed by atoms with E-state index in [1.54, 1.807) is 48.4 Å². The van der Waals surface area contributed by atoms with Gasteiger partial charge in [-0.05, 0) is 31.4 Å². The number of non-ortho nitro benzene ring substituents is 1. The number of hydrogen-bond donors (Lipinski definition) is 2. The number of carbonyl (C=O) groups excluding carboxylic acids is 1. The molecule has 8 nitrogen and oxygen atoms in total. The van der Waals surface area contributed by atoms with Crippen LogP contribution in [0.2, 0.25) is 0 Å². The van der Waals surface area contributed by atoms with Gasteiger partial charge in [0.15, 0.2) is 5.78 Å². The summed E-state index contributed by atoms with van der Waals surface area (Å²) in [6.45, 7) is 1.81. The lowest BCUT2D eigenvalue weighted by Gasteiger charge is -2.42. The van der Waals surface area contributed by atoms with Crippen LogP contribution in [0, 0.1) is 22.4 Å². The zero-order valence-electron chi connectivity index (χ0n) is 21.1. The van der Waals surface area contributed by atoms with Crippen LogP contribution in [0.3, 0.4) is 0 Å². The van der Waals surface area contributed by atoms with Crippen LogP contribution in [0.4, 0.5) is 11.4 Å². The summed E-state index contributed by atoms with van der Waals surface area (Å²) in [5.74, 6) is -0.476. The monoisotopic (exact) mass is 509 g/mol. The van der Waals surface area contributed by atoms with Crippen LogP contribution in [0.5, 0.6) is 5.75 Å². The highest BCUT2D eigenvalue weighted by Crippen LogP contribution is 2.50. The van der Waals surface area contributed by atoms with E-state index in [1.807, 2.05) is 31.2 Å². The second kappa shape index (κ2) is 9.97. The summed E-state index contributed by atoms with van der Waals surface area (Å²) in [4.78, 5) is 26.4. The highest BCUT2D eigenvalue weighted by atomic mass is 16.6. The standard InChI is InChI=1S/C30H27N3O5/c1-18-15-16-20(33(36)37)17-23(18)32-22-12-8-13-24(34)27(22)26(21-11-6-7-14-25(21)38-2)28(30(32)31)29(35)19-9-4-3-5-10-19/h3-7,9-11,14-17,26,31,35H,8,12-13H2,1-2H3/b29-28+,31-30?. The van der Waals surface area contributed by atoms with E-state index in [0.29, 0.717) is 58.7 Å². The zero-order valence-corrected chi connectivity index (χ0v) is 21.1. The van der Waals surface area contributed by atoms with E-state index in [4.69, 9.17) is 4.74 Å². The molecule has 8 heteroatoms. The number of anilines is 1. The average molecular weight is 510 g/mol. The van der Waals surface area contributed by atoms with Crippen molar-refractivity contribution < 1.29 is 19.6 Å². The number of Topliss-reactive ketones (excluding diaryl/α,β-unsaturated/α-hetero) is 1. The Bertz CT molecular complexity index is 1520. The molecule has 1 atom stereocenters. The van der Waals surface area contributed by atoms with E-state index in [0.717, 1.165) is 0 Å². The predicted octanol–water partition coefficient (Wildman–Crippen LogP) is 6.47. The van der Waals surface area contributed by atoms with E-state index < -0.39 is 10.8 Å². The topological polar surface area (TPSA) is 117 Å². The molecule has 2 aliphatic rings. The number of para-hydroxylation sites is 1. The van der Waals surface area contributed by atoms with E-state index in [2.05, 4.69) is 0 Å². The molecule has 3 aromatic carbocycles. The van der Waals surface area contributed by atoms with Gasteiger partial charge in [-0.15, -0.1) is 0 Å². The zero-order chi connectivity index (χ0) is 27.0. The molecule has 3 aromatic rings. The van der Waals surface area contributed by atoms with Crippen molar-refractivity contribution in [3.05, 3.63) is 116 Å². The number of aliphatic hydroxyl groups is 1. The fourth-order valence-electron chi connectivity index (χ4n) is 5.38. The smallest absolute Gasteiger partial charge is 0.271 e. The number of aliphatic hydroxyl groups excluding tert-OH is 1. The normalized spacial score (nSPS) is 18.8. The highest BCUT2D eigenvalue weighted by molar-refractivity contribution is 6.20. The maximum Gasteiger partial charge on any atom is 0.271 e. The van der Waals surface area contributed by atoms with Gasteiger partial charge in [-0.1, -0.05) is 54.6 Å². The molecular weight excluding hydrogens is 482 g/mol. The maximum absolute atomic E-state index is 13.7. The molecule has 0 saturated carbocycles. The summed E-state index contributed by atoms with van der Waals surface area (Å²) in [6.07, 6.45) is 1.44. The Morgan fingerprint density at radius 3 is 2.50 bits per heavy atom. The number of nitro groups is 1. The summed E-state index contributed by atoms with van der Waals surface area (Å²) in [7, 11) is 1.55. The first kappa shape index (κ1) is 25.0. The molecule has 0 spiro atoms. The first-order chi connectivity index (χ1) is 18.3. The molecule has 2 N–H and O–H groups in total. The molecule has 1 aliphatic carbocycles. The fourth-order valence-corrected chi connectivity index (χ4v) is 5.38. The summed E-state index contributed by atoms with van der Waals surface area (Å²) in [5, 5.41) is 32.8. The van der Waals surface area contributed by atoms with Gasteiger partial charge in [0.2, 0.25) is 0 Å². The first-order valence-electron chi connectivity index (χ1n) is 12.3. The van der Waals surface area contributed by atoms with Gasteiger partial charge in [-0.3, -0.25) is 25.2 Å². The van der Waals surface area contributed by atoms with Crippen LogP contribution in [0.1, 0.15) is 41.9 Å². The van der Waals surface area contributed by atoms with Gasteiger partial charge >= 0.3 is 0 Å². The minimum atomic E-state index is -0.753. The van der Waals surface area contributed by atoms with Gasteiger partial charge in [-0.2, -0.15) is 0 Å². The third-order valence-corrected chi connectivity index (χ3v) is 7.15. The van der Waals surface area contributed by atoms with Gasteiger partial charge in [0.05, 0.1) is 23.6 Å². The van der Waals surface area contributed by atoms with Crippen LogP contribution in [-0.4, -0.2) is 28.8 Å². The molecule has 5 rings (SSSR count). The Kier molecular flexibility index (Phi) is 6.55. The highest BCUT2D eigenvalue weighted by Gasteiger charge is 2.44. The average Bonchev–Trinajstić information content (AvgIpc) is 2.93. The minimum absolute atomic E-state index is 0.0423. The maximum atomic E-state index is 13.7. The Morgan fingerprint density at radius 1 is 1.08 bits per heavy atom. The molecule has 1 aliphatic heterocycles. The number of allylic oxidation sites excluding steroid dienone is 2. The molecule has 0 amide bonds. The molecule has 0 saturated heterocycles. The molecule has 0 aromatic heterocycles. The van der Waals surface area contributed by atoms with Crippen molar-refractivity contribution in [2.75, 3.05) is 12.0 Å². The second-order valence-corrected chi connectivity index (χ2v) is 9.35. The fraction of sp³-hybridized carbons (Fsp3) is 0.200. The molecule has 192 valence electrons. The number of aryl methyl sites for hydroxylation is 1. The Balaban J connectivity index is 1.88. The molecule has 38 heavy (non-hydrogen) atoms. The van der Waals surface area contributed by atoms with Gasteiger partial charge in [0.25, 0.3) is 5.69 Å². The van der Waals surface area contributed by atoms with Crippen molar-refractivity contribution in [3.8, 4) is 5.75 Å². The number of rotatable bonds is 5. The van der Waals surface area contributed by atoms with Crippen molar-refractivity contribution >= 4 is 28.8 Å². The van der Waals surface area contributed by atoms with Gasteiger partial charge in [0, 0.05) is 46.5 Å². The number of nitro benzene ring substituents is 1. The number of carbonyl (C=O) groups is 1. The first-order valence-corrected chi connectivity index (χ1v) is 12.3. The second-order valence-electron chi connectivity index (χ2n) is 9.35. The number of amidine groups is 1. The van der Waals surface area contributed by atoms with Crippen LogP contribution < -0.4 is 9.64 Å². The van der Waals surface area contributed by atoms with E-state index in [1.165, 1.54) is 12.1 Å². The quantitative estimate of drug-likeness (QED) is 0.231. The lowest BCUT2D eigenvalue weighted by atomic mass is 9.73. The summed E-state index contributed by atoms with van der Waals surface area (Å²) in [5.41, 5.74) is 3.51. The van der Waals surface area contributed by atoms with Crippen molar-refractivity contribution in [1.82, 2.24) is 0 Å². The summed E-state index contributed by atoms with van der Waals surface area (Å²) < 4.78 is 5.66. The number of benzene rings is 3. The van der Waals surface area contributed by atoms with Crippen LogP contribution in [0.25, 0.3) is 5.76 Å². The molecule has 1 heterocycles. The largest absolute Gasteiger partial charge is 0.507 e. The third kappa shape index (κ3) is 4.14. The number of hydrogen-bond acceptors (Lipinski definition) is 6. The summed E-state index contributed by atoms with van der Waals surface area (Å²) >= 11 is 0. The lowest BCUT2D eigenvalue weighted by Crippen LogP contribution is -2.42. The number of ether oxygens (including phenoxy) is 1. The van der Waals surface area contributed by atoms with Crippen molar-refractivity contribution in [1.29, 1.82) is 5.41 Å². The molecule has 1 unspecified atom stereocenters. The van der Waals surface area contributed by atoms with Crippen LogP contribution >= 0.6 is 0 Å². The SMILES string of the molecule is COc1ccccc1C1C2=C(CCCC2=O)N(c2cc([N+](=O)[O-])ccc2C)C(=N)/C1=C(/O)c1ccccc1. The Hall–Kier alpha value is -4.72. The lowest BCUT2D eigenvalue weighted by molar-refractivity contribution is -0.384. The van der Waals surface area contributed by atoms with Crippen molar-refractivity contribution in [2.45, 2.75) is 32.1 Å². The van der Waals surface area contributed by atoms with Gasteiger partial charge in [0.1, 0.15) is 17.3 Å². The van der Waals surface area contributed by atoms with Crippen molar-refractivity contribution in [3.63, 3.8) is 0 Å². The predicted molar refractivity (Wildman–Crippen MR) is 146 cm³/mol. The number of ketones is 1. The van der Waals surface area contributed by atoms with E-state index >= 15 is 0 Å². The van der Waals surface area contributed by atoms with Gasteiger partial charge in [-0.25, -0.2) is 0 Å². The van der Waals surface area contributed by atoms with Crippen LogP contribution in [-0.2, 0) is 4.79 Å². The Labute approximate surface area is 220 Å². The van der Waals surface area contributed by atoms with Crippen LogP contribution in [0.15, 0.2) is 89.6 Å². The van der Waals surface area contributed by atoms with E-state index in [9.17, 15) is 25.4 Å². The molecular formula is C30H27N3O5. The van der Waals surface area contributed by atoms with Gasteiger partial charge < -0.3 is 9.84 Å². The number of methoxy groups -OCH3 is 1. The summed E-state index contributed by atoms with van der Waals surface area (Å²) in [6, 6.07) is 20.7. The minimum Gasteiger partial charge on any atom is -0.507 e. The Morgan fingerprint density at radius 2 is 1.79 bits per heavy atom. The van der Waals surface area contributed by atoms with E-state index in [-0.39, 0.29) is 28.6 Å². The third-order valence-electron chi connectivity index (χ3n) is 7.15. The number of nitrogens with zero attached hydrogens (tertiary/aromatic N) is 2. The molecule has 0 fully saturated rings.